The molecule has 0 spiro atoms. The molecule has 0 unspecified atom stereocenters. The van der Waals surface area contributed by atoms with E-state index < -0.39 is 0 Å². The number of benzene rings is 1. The van der Waals surface area contributed by atoms with E-state index in [2.05, 4.69) is 61.4 Å². The number of aromatic amines is 1. The first-order chi connectivity index (χ1) is 11.8. The number of aromatic nitrogens is 2. The standard InChI is InChI=1S/C19H26BN3O2/c1-18(2)19(3,4)25-20(24-18)16(13-21-5)11-15-12-22-23-17(15)14-9-7-6-8-10-14/h6-12,21H,13H2,1-5H3,(H,22,23). The van der Waals surface area contributed by atoms with Crippen molar-refractivity contribution in [3.63, 3.8) is 0 Å². The van der Waals surface area contributed by atoms with Crippen molar-refractivity contribution in [3.05, 3.63) is 47.6 Å². The molecule has 0 saturated carbocycles. The maximum atomic E-state index is 6.21. The van der Waals surface area contributed by atoms with Crippen LogP contribution in [0.3, 0.4) is 0 Å². The van der Waals surface area contributed by atoms with Gasteiger partial charge in [0.1, 0.15) is 0 Å². The van der Waals surface area contributed by atoms with Crippen LogP contribution in [0.5, 0.6) is 0 Å². The van der Waals surface area contributed by atoms with Gasteiger partial charge < -0.3 is 14.6 Å². The highest BCUT2D eigenvalue weighted by Gasteiger charge is 2.52. The molecule has 2 heterocycles. The zero-order valence-electron chi connectivity index (χ0n) is 15.6. The normalized spacial score (nSPS) is 19.4. The molecule has 1 saturated heterocycles. The second-order valence-corrected chi connectivity index (χ2v) is 7.40. The van der Waals surface area contributed by atoms with Gasteiger partial charge in [0.2, 0.25) is 0 Å². The van der Waals surface area contributed by atoms with Gasteiger partial charge in [0, 0.05) is 17.7 Å². The van der Waals surface area contributed by atoms with E-state index in [1.54, 1.807) is 0 Å². The molecule has 0 amide bonds. The van der Waals surface area contributed by atoms with Gasteiger partial charge in [0.15, 0.2) is 0 Å². The third-order valence-corrected chi connectivity index (χ3v) is 5.01. The smallest absolute Gasteiger partial charge is 0.400 e. The van der Waals surface area contributed by atoms with E-state index in [0.717, 1.165) is 22.3 Å². The van der Waals surface area contributed by atoms with Crippen LogP contribution in [0.25, 0.3) is 17.3 Å². The summed E-state index contributed by atoms with van der Waals surface area (Å²) in [5.41, 5.74) is 3.44. The molecule has 1 aliphatic heterocycles. The van der Waals surface area contributed by atoms with Crippen LogP contribution in [0.15, 0.2) is 42.0 Å². The fourth-order valence-corrected chi connectivity index (χ4v) is 2.84. The zero-order valence-corrected chi connectivity index (χ0v) is 15.6. The predicted molar refractivity (Wildman–Crippen MR) is 102 cm³/mol. The molecule has 25 heavy (non-hydrogen) atoms. The van der Waals surface area contributed by atoms with E-state index in [-0.39, 0.29) is 18.3 Å². The van der Waals surface area contributed by atoms with Crippen molar-refractivity contribution in [1.29, 1.82) is 0 Å². The Morgan fingerprint density at radius 2 is 1.80 bits per heavy atom. The molecule has 1 aromatic carbocycles. The summed E-state index contributed by atoms with van der Waals surface area (Å²) in [4.78, 5) is 0. The average Bonchev–Trinajstić information content (AvgIpc) is 3.10. The van der Waals surface area contributed by atoms with Crippen LogP contribution in [-0.2, 0) is 9.31 Å². The molecule has 132 valence electrons. The van der Waals surface area contributed by atoms with Crippen LogP contribution >= 0.6 is 0 Å². The SMILES string of the molecule is CNCC(=Cc1cn[nH]c1-c1ccccc1)B1OC(C)(C)C(C)(C)O1. The van der Waals surface area contributed by atoms with E-state index in [0.29, 0.717) is 6.54 Å². The monoisotopic (exact) mass is 339 g/mol. The van der Waals surface area contributed by atoms with Gasteiger partial charge in [0.05, 0.1) is 23.1 Å². The summed E-state index contributed by atoms with van der Waals surface area (Å²) in [7, 11) is 1.54. The summed E-state index contributed by atoms with van der Waals surface area (Å²) in [6.45, 7) is 8.94. The quantitative estimate of drug-likeness (QED) is 0.821. The van der Waals surface area contributed by atoms with Crippen LogP contribution in [-0.4, -0.2) is 42.1 Å². The minimum atomic E-state index is -0.379. The molecule has 2 aromatic rings. The highest BCUT2D eigenvalue weighted by atomic mass is 16.7. The van der Waals surface area contributed by atoms with Crippen LogP contribution in [0.4, 0.5) is 0 Å². The molecule has 1 aliphatic rings. The molecule has 0 aliphatic carbocycles. The van der Waals surface area contributed by atoms with Gasteiger partial charge in [-0.3, -0.25) is 5.10 Å². The van der Waals surface area contributed by atoms with E-state index >= 15 is 0 Å². The molecule has 1 aromatic heterocycles. The molecule has 3 rings (SSSR count). The molecule has 1 fully saturated rings. The Morgan fingerprint density at radius 3 is 2.40 bits per heavy atom. The van der Waals surface area contributed by atoms with Crippen molar-refractivity contribution in [2.75, 3.05) is 13.6 Å². The van der Waals surface area contributed by atoms with Crippen molar-refractivity contribution in [3.8, 4) is 11.3 Å². The summed E-state index contributed by atoms with van der Waals surface area (Å²) in [5.74, 6) is 0. The van der Waals surface area contributed by atoms with Gasteiger partial charge in [-0.05, 0) is 40.2 Å². The highest BCUT2D eigenvalue weighted by Crippen LogP contribution is 2.39. The molecular formula is C19H26BN3O2. The Hall–Kier alpha value is -1.89. The minimum absolute atomic E-state index is 0.358. The first kappa shape index (κ1) is 17.9. The first-order valence-electron chi connectivity index (χ1n) is 8.63. The second kappa shape index (κ2) is 6.79. The first-order valence-corrected chi connectivity index (χ1v) is 8.63. The molecule has 2 N–H and O–H groups in total. The Bertz CT molecular complexity index is 737. The van der Waals surface area contributed by atoms with Gasteiger partial charge in [-0.15, -0.1) is 0 Å². The molecule has 5 nitrogen and oxygen atoms in total. The van der Waals surface area contributed by atoms with E-state index in [1.807, 2.05) is 31.4 Å². The summed E-state index contributed by atoms with van der Waals surface area (Å²) in [5, 5.41) is 10.5. The number of rotatable bonds is 5. The van der Waals surface area contributed by atoms with Crippen molar-refractivity contribution >= 4 is 13.2 Å². The maximum absolute atomic E-state index is 6.21. The maximum Gasteiger partial charge on any atom is 0.491 e. The van der Waals surface area contributed by atoms with Gasteiger partial charge in [-0.25, -0.2) is 0 Å². The second-order valence-electron chi connectivity index (χ2n) is 7.40. The van der Waals surface area contributed by atoms with Crippen LogP contribution in [0.1, 0.15) is 33.3 Å². The van der Waals surface area contributed by atoms with Crippen molar-refractivity contribution < 1.29 is 9.31 Å². The van der Waals surface area contributed by atoms with Crippen LogP contribution in [0.2, 0.25) is 0 Å². The topological polar surface area (TPSA) is 59.2 Å². The third-order valence-electron chi connectivity index (χ3n) is 5.01. The lowest BCUT2D eigenvalue weighted by molar-refractivity contribution is 0.00578. The lowest BCUT2D eigenvalue weighted by atomic mass is 9.77. The average molecular weight is 339 g/mol. The van der Waals surface area contributed by atoms with Crippen molar-refractivity contribution in [2.24, 2.45) is 0 Å². The Labute approximate surface area is 150 Å². The Balaban J connectivity index is 1.94. The summed E-state index contributed by atoms with van der Waals surface area (Å²) >= 11 is 0. The third kappa shape index (κ3) is 3.56. The van der Waals surface area contributed by atoms with Gasteiger partial charge >= 0.3 is 7.12 Å². The number of nitrogens with one attached hydrogen (secondary N) is 2. The number of likely N-dealkylation sites (N-methyl/N-ethyl adjacent to an activating group) is 1. The van der Waals surface area contributed by atoms with Crippen molar-refractivity contribution in [1.82, 2.24) is 15.5 Å². The fourth-order valence-electron chi connectivity index (χ4n) is 2.84. The zero-order chi connectivity index (χ0) is 18.1. The minimum Gasteiger partial charge on any atom is -0.400 e. The number of nitrogens with zero attached hydrogens (tertiary/aromatic N) is 1. The van der Waals surface area contributed by atoms with Crippen molar-refractivity contribution in [2.45, 2.75) is 38.9 Å². The van der Waals surface area contributed by atoms with E-state index in [1.165, 1.54) is 0 Å². The predicted octanol–water partition coefficient (Wildman–Crippen LogP) is 3.31. The summed E-state index contributed by atoms with van der Waals surface area (Å²) < 4.78 is 12.4. The Morgan fingerprint density at radius 1 is 1.16 bits per heavy atom. The molecule has 0 bridgehead atoms. The van der Waals surface area contributed by atoms with E-state index in [4.69, 9.17) is 9.31 Å². The van der Waals surface area contributed by atoms with Gasteiger partial charge in [0.25, 0.3) is 0 Å². The number of hydrogen-bond donors (Lipinski definition) is 2. The molecule has 0 radical (unpaired) electrons. The number of H-pyrrole nitrogens is 1. The van der Waals surface area contributed by atoms with Crippen LogP contribution < -0.4 is 5.32 Å². The van der Waals surface area contributed by atoms with Gasteiger partial charge in [-0.2, -0.15) is 5.10 Å². The summed E-state index contributed by atoms with van der Waals surface area (Å²) in [6.07, 6.45) is 3.94. The molecular weight excluding hydrogens is 313 g/mol. The van der Waals surface area contributed by atoms with Gasteiger partial charge in [-0.1, -0.05) is 36.4 Å². The fraction of sp³-hybridized carbons (Fsp3) is 0.421. The highest BCUT2D eigenvalue weighted by molar-refractivity contribution is 6.56. The largest absolute Gasteiger partial charge is 0.491 e. The van der Waals surface area contributed by atoms with E-state index in [9.17, 15) is 0 Å². The molecule has 6 heteroatoms. The number of hydrogen-bond acceptors (Lipinski definition) is 4. The lowest BCUT2D eigenvalue weighted by Gasteiger charge is -2.32. The van der Waals surface area contributed by atoms with Crippen LogP contribution in [0, 0.1) is 0 Å². The lowest BCUT2D eigenvalue weighted by Crippen LogP contribution is -2.41. The molecule has 0 atom stereocenters. The Kier molecular flexibility index (Phi) is 4.87. The summed E-state index contributed by atoms with van der Waals surface area (Å²) in [6, 6.07) is 10.2.